The van der Waals surface area contributed by atoms with Gasteiger partial charge in [0.05, 0.1) is 5.69 Å². The third-order valence-electron chi connectivity index (χ3n) is 6.89. The van der Waals surface area contributed by atoms with Gasteiger partial charge in [-0.25, -0.2) is 13.8 Å². The van der Waals surface area contributed by atoms with Gasteiger partial charge in [0, 0.05) is 40.7 Å². The number of rotatable bonds is 8. The molecule has 2 heterocycles. The second kappa shape index (κ2) is 10.3. The molecule has 0 atom stereocenters. The Bertz CT molecular complexity index is 1580. The fraction of sp³-hybridized carbons (Fsp3) is 0.276. The second-order valence-corrected chi connectivity index (χ2v) is 9.85. The van der Waals surface area contributed by atoms with Gasteiger partial charge < -0.3 is 15.3 Å². The lowest BCUT2D eigenvalue weighted by Crippen LogP contribution is -2.19. The van der Waals surface area contributed by atoms with E-state index in [2.05, 4.69) is 15.3 Å². The minimum atomic E-state index is -3.06. The average molecular weight is 555 g/mol. The van der Waals surface area contributed by atoms with Gasteiger partial charge in [-0.05, 0) is 80.6 Å². The van der Waals surface area contributed by atoms with Crippen molar-refractivity contribution in [3.05, 3.63) is 82.9 Å². The van der Waals surface area contributed by atoms with Crippen molar-refractivity contribution in [3.8, 4) is 28.3 Å². The zero-order valence-electron chi connectivity index (χ0n) is 21.9. The Morgan fingerprint density at radius 1 is 1.10 bits per heavy atom. The first kappa shape index (κ1) is 27.2. The van der Waals surface area contributed by atoms with Crippen LogP contribution >= 0.6 is 0 Å². The summed E-state index contributed by atoms with van der Waals surface area (Å²) in [7, 11) is 0. The molecule has 0 radical (unpaired) electrons. The van der Waals surface area contributed by atoms with Crippen LogP contribution in [0.15, 0.2) is 54.9 Å². The normalized spacial score (nSPS) is 13.5. The Kier molecular flexibility index (Phi) is 6.99. The van der Waals surface area contributed by atoms with Crippen molar-refractivity contribution in [1.82, 2.24) is 14.7 Å². The molecule has 0 bridgehead atoms. The zero-order chi connectivity index (χ0) is 28.8. The number of hydrogen-bond donors (Lipinski definition) is 2. The van der Waals surface area contributed by atoms with Crippen LogP contribution in [0.1, 0.15) is 45.7 Å². The number of carbonyl (C=O) groups excluding carboxylic acids is 1. The minimum absolute atomic E-state index is 0.0223. The van der Waals surface area contributed by atoms with Crippen LogP contribution in [-0.2, 0) is 5.92 Å². The number of hydrogen-bond acceptors (Lipinski definition) is 5. The molecule has 0 aliphatic heterocycles. The summed E-state index contributed by atoms with van der Waals surface area (Å²) < 4.78 is 60.9. The van der Waals surface area contributed by atoms with Crippen molar-refractivity contribution in [1.29, 1.82) is 0 Å². The molecule has 2 aromatic heterocycles. The molecule has 1 fully saturated rings. The van der Waals surface area contributed by atoms with Crippen molar-refractivity contribution in [2.75, 3.05) is 5.32 Å². The molecule has 11 heteroatoms. The monoisotopic (exact) mass is 554 g/mol. The number of pyridine rings is 1. The van der Waals surface area contributed by atoms with E-state index in [1.54, 1.807) is 26.2 Å². The van der Waals surface area contributed by atoms with Crippen LogP contribution in [-0.4, -0.2) is 32.4 Å². The maximum Gasteiger partial charge on any atom is 0.387 e. The molecule has 40 heavy (non-hydrogen) atoms. The number of nitrogens with one attached hydrogen (secondary N) is 1. The van der Waals surface area contributed by atoms with E-state index in [0.717, 1.165) is 0 Å². The van der Waals surface area contributed by atoms with E-state index in [1.165, 1.54) is 49.4 Å². The number of ether oxygens (including phenoxy) is 1. The molecular weight excluding hydrogens is 528 g/mol. The molecule has 2 aromatic carbocycles. The molecule has 0 unspecified atom stereocenters. The first-order valence-electron chi connectivity index (χ1n) is 12.6. The third kappa shape index (κ3) is 5.11. The van der Waals surface area contributed by atoms with Crippen molar-refractivity contribution in [2.24, 2.45) is 5.92 Å². The Morgan fingerprint density at radius 2 is 1.80 bits per heavy atom. The van der Waals surface area contributed by atoms with Crippen LogP contribution in [0.2, 0.25) is 0 Å². The number of aryl methyl sites for hydroxylation is 3. The van der Waals surface area contributed by atoms with Crippen LogP contribution in [0.5, 0.6) is 5.75 Å². The molecule has 1 aliphatic carbocycles. The van der Waals surface area contributed by atoms with Crippen molar-refractivity contribution >= 4 is 11.6 Å². The van der Waals surface area contributed by atoms with E-state index in [0.29, 0.717) is 45.4 Å². The Balaban J connectivity index is 1.50. The van der Waals surface area contributed by atoms with Gasteiger partial charge in [-0.2, -0.15) is 13.5 Å². The van der Waals surface area contributed by atoms with Crippen molar-refractivity contribution in [2.45, 2.75) is 46.1 Å². The predicted molar refractivity (Wildman–Crippen MR) is 140 cm³/mol. The summed E-state index contributed by atoms with van der Waals surface area (Å²) in [6.45, 7) is 2.01. The minimum Gasteiger partial charge on any atom is -0.434 e. The molecule has 1 aliphatic rings. The van der Waals surface area contributed by atoms with Crippen LogP contribution in [0.3, 0.4) is 0 Å². The van der Waals surface area contributed by atoms with E-state index in [9.17, 15) is 27.6 Å². The summed E-state index contributed by atoms with van der Waals surface area (Å²) in [5.74, 6) is -4.56. The van der Waals surface area contributed by atoms with Gasteiger partial charge in [0.1, 0.15) is 5.75 Å². The molecule has 1 saturated carbocycles. The summed E-state index contributed by atoms with van der Waals surface area (Å²) >= 11 is 0. The summed E-state index contributed by atoms with van der Waals surface area (Å²) in [4.78, 5) is 21.6. The lowest BCUT2D eigenvalue weighted by atomic mass is 9.95. The molecule has 4 aromatic rings. The SMILES string of the molecule is Cc1cncc(C)c1-c1cc(-c2nc(C)c(C(=O)Nc3cccc(C(F)(F)C4CC4)c3)n2O)ccc1OC(F)F. The molecule has 5 rings (SSSR count). The van der Waals surface area contributed by atoms with Crippen LogP contribution in [0.25, 0.3) is 22.5 Å². The Morgan fingerprint density at radius 3 is 2.45 bits per heavy atom. The fourth-order valence-electron chi connectivity index (χ4n) is 4.83. The number of alkyl halides is 4. The molecule has 208 valence electrons. The molecule has 0 saturated heterocycles. The summed E-state index contributed by atoms with van der Waals surface area (Å²) in [5, 5.41) is 13.5. The fourth-order valence-corrected chi connectivity index (χ4v) is 4.83. The van der Waals surface area contributed by atoms with Crippen LogP contribution in [0.4, 0.5) is 23.2 Å². The highest BCUT2D eigenvalue weighted by Crippen LogP contribution is 2.50. The topological polar surface area (TPSA) is 89.3 Å². The number of anilines is 1. The molecule has 2 N–H and O–H groups in total. The number of amides is 1. The first-order chi connectivity index (χ1) is 19.0. The van der Waals surface area contributed by atoms with E-state index >= 15 is 0 Å². The predicted octanol–water partition coefficient (Wildman–Crippen LogP) is 7.13. The smallest absolute Gasteiger partial charge is 0.387 e. The van der Waals surface area contributed by atoms with Crippen molar-refractivity contribution < 1.29 is 32.3 Å². The average Bonchev–Trinajstić information content (AvgIpc) is 3.70. The quantitative estimate of drug-likeness (QED) is 0.179. The lowest BCUT2D eigenvalue weighted by molar-refractivity contribution is -0.0494. The van der Waals surface area contributed by atoms with Gasteiger partial charge in [0.15, 0.2) is 11.5 Å². The number of imidazole rings is 1. The van der Waals surface area contributed by atoms with E-state index in [-0.39, 0.29) is 34.2 Å². The highest BCUT2D eigenvalue weighted by Gasteiger charge is 2.48. The Labute approximate surface area is 227 Å². The van der Waals surface area contributed by atoms with Gasteiger partial charge in [-0.15, -0.1) is 0 Å². The lowest BCUT2D eigenvalue weighted by Gasteiger charge is -2.17. The number of aromatic nitrogens is 3. The maximum atomic E-state index is 14.6. The number of carbonyl (C=O) groups is 1. The molecule has 0 spiro atoms. The standard InChI is InChI=1S/C29H26F4N4O3/c1-15-13-34-14-16(2)24(15)22-11-18(7-10-23(22)40-28(30)31)26-35-17(3)25(37(26)39)27(38)36-21-6-4-5-20(12-21)29(32,33)19-8-9-19/h4-7,10-14,19,28,39H,8-9H2,1-3H3,(H,36,38). The van der Waals surface area contributed by atoms with E-state index in [1.807, 2.05) is 0 Å². The molecule has 7 nitrogen and oxygen atoms in total. The summed E-state index contributed by atoms with van der Waals surface area (Å²) in [6.07, 6.45) is 4.09. The highest BCUT2D eigenvalue weighted by molar-refractivity contribution is 6.04. The van der Waals surface area contributed by atoms with Crippen molar-refractivity contribution in [3.63, 3.8) is 0 Å². The largest absolute Gasteiger partial charge is 0.434 e. The third-order valence-corrected chi connectivity index (χ3v) is 6.89. The van der Waals surface area contributed by atoms with Crippen LogP contribution < -0.4 is 10.1 Å². The molecular formula is C29H26F4N4O3. The van der Waals surface area contributed by atoms with Gasteiger partial charge >= 0.3 is 6.61 Å². The zero-order valence-corrected chi connectivity index (χ0v) is 21.9. The first-order valence-corrected chi connectivity index (χ1v) is 12.6. The van der Waals surface area contributed by atoms with Gasteiger partial charge in [0.25, 0.3) is 11.8 Å². The summed E-state index contributed by atoms with van der Waals surface area (Å²) in [6, 6.07) is 9.76. The van der Waals surface area contributed by atoms with Gasteiger partial charge in [-0.3, -0.25) is 9.78 Å². The van der Waals surface area contributed by atoms with Gasteiger partial charge in [-0.1, -0.05) is 12.1 Å². The number of benzene rings is 2. The number of nitrogens with zero attached hydrogens (tertiary/aromatic N) is 3. The van der Waals surface area contributed by atoms with E-state index in [4.69, 9.17) is 4.74 Å². The number of halogens is 4. The summed E-state index contributed by atoms with van der Waals surface area (Å²) in [5.41, 5.74) is 2.62. The van der Waals surface area contributed by atoms with Crippen LogP contribution in [0, 0.1) is 26.7 Å². The Hall–Kier alpha value is -4.41. The molecule has 1 amide bonds. The van der Waals surface area contributed by atoms with E-state index < -0.39 is 24.4 Å². The maximum absolute atomic E-state index is 14.6. The highest BCUT2D eigenvalue weighted by atomic mass is 19.3. The van der Waals surface area contributed by atoms with Gasteiger partial charge in [0.2, 0.25) is 0 Å². The second-order valence-electron chi connectivity index (χ2n) is 9.85.